The molecule has 1 atom stereocenters. The van der Waals surface area contributed by atoms with Gasteiger partial charge in [0.2, 0.25) is 0 Å². The van der Waals surface area contributed by atoms with Crippen LogP contribution in [0.2, 0.25) is 0 Å². The molecule has 0 saturated carbocycles. The summed E-state index contributed by atoms with van der Waals surface area (Å²) in [6.07, 6.45) is -0.767. The Kier molecular flexibility index (Phi) is 5.64. The standard InChI is InChI=1S/C17H25NO5/c1-16(2,3)22-14(20)13(11-9-7-8-10-12(11)19)18-15(21)23-17(4,5)6/h7-10,13,19H,1-6H3,(H,18,21). The third kappa shape index (κ3) is 6.59. The Morgan fingerprint density at radius 1 is 1.00 bits per heavy atom. The van der Waals surface area contributed by atoms with Gasteiger partial charge in [0, 0.05) is 5.56 Å². The molecule has 1 amide bonds. The topological polar surface area (TPSA) is 84.9 Å². The normalized spacial score (nSPS) is 13.1. The van der Waals surface area contributed by atoms with Gasteiger partial charge >= 0.3 is 12.1 Å². The average Bonchev–Trinajstić information content (AvgIpc) is 2.32. The van der Waals surface area contributed by atoms with E-state index in [-0.39, 0.29) is 11.3 Å². The number of para-hydroxylation sites is 1. The van der Waals surface area contributed by atoms with Crippen LogP contribution in [0, 0.1) is 0 Å². The molecular weight excluding hydrogens is 298 g/mol. The first kappa shape index (κ1) is 18.8. The maximum absolute atomic E-state index is 12.4. The van der Waals surface area contributed by atoms with Gasteiger partial charge in [-0.05, 0) is 47.6 Å². The fourth-order valence-corrected chi connectivity index (χ4v) is 1.78. The highest BCUT2D eigenvalue weighted by atomic mass is 16.6. The predicted molar refractivity (Wildman–Crippen MR) is 86.1 cm³/mol. The number of phenols is 1. The van der Waals surface area contributed by atoms with Crippen molar-refractivity contribution in [3.63, 3.8) is 0 Å². The van der Waals surface area contributed by atoms with Gasteiger partial charge in [-0.3, -0.25) is 0 Å². The highest BCUT2D eigenvalue weighted by molar-refractivity contribution is 5.83. The van der Waals surface area contributed by atoms with E-state index >= 15 is 0 Å². The Balaban J connectivity index is 3.05. The van der Waals surface area contributed by atoms with Crippen LogP contribution >= 0.6 is 0 Å². The molecule has 0 radical (unpaired) electrons. The fraction of sp³-hybridized carbons (Fsp3) is 0.529. The van der Waals surface area contributed by atoms with Gasteiger partial charge in [0.15, 0.2) is 6.04 Å². The Bertz CT molecular complexity index is 569. The number of carbonyl (C=O) groups is 2. The summed E-state index contributed by atoms with van der Waals surface area (Å²) in [6.45, 7) is 10.3. The first-order valence-electron chi connectivity index (χ1n) is 7.39. The molecule has 0 saturated heterocycles. The lowest BCUT2D eigenvalue weighted by molar-refractivity contribution is -0.157. The number of ether oxygens (including phenoxy) is 2. The van der Waals surface area contributed by atoms with Crippen molar-refractivity contribution in [1.82, 2.24) is 5.32 Å². The third-order valence-corrected chi connectivity index (χ3v) is 2.55. The first-order chi connectivity index (χ1) is 10.4. The SMILES string of the molecule is CC(C)(C)OC(=O)NC(C(=O)OC(C)(C)C)c1ccccc1O. The van der Waals surface area contributed by atoms with E-state index in [1.807, 2.05) is 0 Å². The van der Waals surface area contributed by atoms with E-state index in [0.29, 0.717) is 0 Å². The molecule has 128 valence electrons. The Labute approximate surface area is 136 Å². The quantitative estimate of drug-likeness (QED) is 0.834. The number of carbonyl (C=O) groups excluding carboxylic acids is 2. The van der Waals surface area contributed by atoms with E-state index in [2.05, 4.69) is 5.32 Å². The van der Waals surface area contributed by atoms with E-state index in [1.165, 1.54) is 6.07 Å². The number of nitrogens with one attached hydrogen (secondary N) is 1. The van der Waals surface area contributed by atoms with Crippen molar-refractivity contribution < 1.29 is 24.2 Å². The minimum Gasteiger partial charge on any atom is -0.508 e. The molecule has 1 aromatic carbocycles. The van der Waals surface area contributed by atoms with Gasteiger partial charge in [0.05, 0.1) is 0 Å². The summed E-state index contributed by atoms with van der Waals surface area (Å²) >= 11 is 0. The van der Waals surface area contributed by atoms with Crippen molar-refractivity contribution in [1.29, 1.82) is 0 Å². The number of benzene rings is 1. The van der Waals surface area contributed by atoms with Crippen LogP contribution in [0.5, 0.6) is 5.75 Å². The molecule has 0 aromatic heterocycles. The zero-order valence-corrected chi connectivity index (χ0v) is 14.5. The summed E-state index contributed by atoms with van der Waals surface area (Å²) in [4.78, 5) is 24.4. The number of rotatable bonds is 3. The lowest BCUT2D eigenvalue weighted by atomic mass is 10.1. The average molecular weight is 323 g/mol. The summed E-state index contributed by atoms with van der Waals surface area (Å²) in [5, 5.41) is 12.4. The van der Waals surface area contributed by atoms with Gasteiger partial charge in [0.1, 0.15) is 17.0 Å². The second-order valence-electron chi connectivity index (χ2n) is 7.17. The van der Waals surface area contributed by atoms with Crippen molar-refractivity contribution in [2.24, 2.45) is 0 Å². The van der Waals surface area contributed by atoms with Gasteiger partial charge in [-0.25, -0.2) is 9.59 Å². The monoisotopic (exact) mass is 323 g/mol. The summed E-state index contributed by atoms with van der Waals surface area (Å²) in [7, 11) is 0. The highest BCUT2D eigenvalue weighted by Gasteiger charge is 2.31. The van der Waals surface area contributed by atoms with Crippen molar-refractivity contribution in [2.45, 2.75) is 58.8 Å². The minimum absolute atomic E-state index is 0.112. The lowest BCUT2D eigenvalue weighted by Gasteiger charge is -2.26. The molecule has 1 aromatic rings. The van der Waals surface area contributed by atoms with Gasteiger partial charge in [0.25, 0.3) is 0 Å². The predicted octanol–water partition coefficient (Wildman–Crippen LogP) is 3.30. The van der Waals surface area contributed by atoms with Gasteiger partial charge < -0.3 is 19.9 Å². The summed E-state index contributed by atoms with van der Waals surface area (Å²) in [5.41, 5.74) is -1.19. The summed E-state index contributed by atoms with van der Waals surface area (Å²) in [5.74, 6) is -0.788. The molecule has 0 aliphatic carbocycles. The molecule has 1 rings (SSSR count). The molecule has 6 nitrogen and oxygen atoms in total. The molecule has 0 heterocycles. The molecule has 1 unspecified atom stereocenters. The zero-order chi connectivity index (χ0) is 17.8. The van der Waals surface area contributed by atoms with Gasteiger partial charge in [-0.1, -0.05) is 18.2 Å². The number of hydrogen-bond donors (Lipinski definition) is 2. The number of alkyl carbamates (subject to hydrolysis) is 1. The molecule has 2 N–H and O–H groups in total. The van der Waals surface area contributed by atoms with Crippen LogP contribution in [0.4, 0.5) is 4.79 Å². The third-order valence-electron chi connectivity index (χ3n) is 2.55. The van der Waals surface area contributed by atoms with Gasteiger partial charge in [-0.15, -0.1) is 0 Å². The van der Waals surface area contributed by atoms with Crippen molar-refractivity contribution in [3.05, 3.63) is 29.8 Å². The van der Waals surface area contributed by atoms with Gasteiger partial charge in [-0.2, -0.15) is 0 Å². The molecule has 23 heavy (non-hydrogen) atoms. The molecule has 0 aliphatic heterocycles. The molecule has 6 heteroatoms. The number of esters is 1. The summed E-state index contributed by atoms with van der Waals surface area (Å²) in [6, 6.07) is 5.09. The number of aromatic hydroxyl groups is 1. The van der Waals surface area contributed by atoms with Crippen LogP contribution in [0.3, 0.4) is 0 Å². The van der Waals surface area contributed by atoms with Crippen molar-refractivity contribution >= 4 is 12.1 Å². The lowest BCUT2D eigenvalue weighted by Crippen LogP contribution is -2.40. The van der Waals surface area contributed by atoms with E-state index in [0.717, 1.165) is 0 Å². The summed E-state index contributed by atoms with van der Waals surface area (Å²) < 4.78 is 10.5. The van der Waals surface area contributed by atoms with Crippen LogP contribution in [0.25, 0.3) is 0 Å². The smallest absolute Gasteiger partial charge is 0.408 e. The molecular formula is C17H25NO5. The minimum atomic E-state index is -1.16. The van der Waals surface area contributed by atoms with Crippen molar-refractivity contribution in [3.8, 4) is 5.75 Å². The number of amides is 1. The second kappa shape index (κ2) is 6.89. The Morgan fingerprint density at radius 2 is 1.52 bits per heavy atom. The van der Waals surface area contributed by atoms with Crippen LogP contribution in [-0.2, 0) is 14.3 Å². The number of hydrogen-bond acceptors (Lipinski definition) is 5. The van der Waals surface area contributed by atoms with E-state index < -0.39 is 29.3 Å². The second-order valence-corrected chi connectivity index (χ2v) is 7.17. The Morgan fingerprint density at radius 3 is 2.00 bits per heavy atom. The number of phenolic OH excluding ortho intramolecular Hbond substituents is 1. The van der Waals surface area contributed by atoms with E-state index in [9.17, 15) is 14.7 Å². The molecule has 0 spiro atoms. The largest absolute Gasteiger partial charge is 0.508 e. The maximum Gasteiger partial charge on any atom is 0.408 e. The van der Waals surface area contributed by atoms with Crippen LogP contribution in [0.1, 0.15) is 53.1 Å². The maximum atomic E-state index is 12.4. The Hall–Kier alpha value is -2.24. The molecule has 0 fully saturated rings. The first-order valence-corrected chi connectivity index (χ1v) is 7.39. The van der Waals surface area contributed by atoms with Crippen LogP contribution in [0.15, 0.2) is 24.3 Å². The highest BCUT2D eigenvalue weighted by Crippen LogP contribution is 2.26. The van der Waals surface area contributed by atoms with Crippen LogP contribution in [-0.4, -0.2) is 28.4 Å². The molecule has 0 bridgehead atoms. The van der Waals surface area contributed by atoms with Crippen LogP contribution < -0.4 is 5.32 Å². The molecule has 0 aliphatic rings. The van der Waals surface area contributed by atoms with E-state index in [1.54, 1.807) is 59.7 Å². The zero-order valence-electron chi connectivity index (χ0n) is 14.5. The van der Waals surface area contributed by atoms with E-state index in [4.69, 9.17) is 9.47 Å². The fourth-order valence-electron chi connectivity index (χ4n) is 1.78. The van der Waals surface area contributed by atoms with Crippen molar-refractivity contribution in [2.75, 3.05) is 0 Å².